The normalized spacial score (nSPS) is 13.3. The predicted octanol–water partition coefficient (Wildman–Crippen LogP) is 10.6. The molecule has 0 saturated carbocycles. The van der Waals surface area contributed by atoms with Gasteiger partial charge < -0.3 is 4.42 Å². The first kappa shape index (κ1) is 23.9. The van der Waals surface area contributed by atoms with Gasteiger partial charge in [0.1, 0.15) is 16.8 Å². The second-order valence-electron chi connectivity index (χ2n) is 12.3. The zero-order valence-electron chi connectivity index (χ0n) is 28.7. The fraction of sp³-hybridized carbons (Fsp3) is 0.225. The smallest absolute Gasteiger partial charge is 0.299 e. The first-order chi connectivity index (χ1) is 22.0. The van der Waals surface area contributed by atoms with Crippen LogP contribution in [0.25, 0.3) is 61.2 Å². The van der Waals surface area contributed by atoms with Crippen molar-refractivity contribution in [2.45, 2.75) is 53.3 Å². The second kappa shape index (κ2) is 10.3. The number of nitrogens with zero attached hydrogens (tertiary/aromatic N) is 2. The maximum atomic E-state index is 8.01. The molecule has 0 radical (unpaired) electrons. The van der Waals surface area contributed by atoms with E-state index in [1.54, 1.807) is 18.2 Å². The Balaban J connectivity index is 1.62. The van der Waals surface area contributed by atoms with Gasteiger partial charge in [-0.15, -0.1) is 0 Å². The van der Waals surface area contributed by atoms with Crippen molar-refractivity contribution in [3.8, 4) is 28.2 Å². The maximum absolute atomic E-state index is 8.01. The van der Waals surface area contributed by atoms with E-state index in [4.69, 9.17) is 8.53 Å². The van der Waals surface area contributed by atoms with E-state index >= 15 is 0 Å². The van der Waals surface area contributed by atoms with Crippen molar-refractivity contribution in [1.82, 2.24) is 4.57 Å². The SMILES string of the molecule is [2H]C([2H])([2H])c1ccc2oc3c(-c4n(-c5c(C(C)C)cc(-c6ccccc6)cc5C(C)C)c5ccccc5[n+]4C)c(C)ccc3c2c1. The lowest BCUT2D eigenvalue weighted by atomic mass is 9.88. The van der Waals surface area contributed by atoms with Gasteiger partial charge in [0, 0.05) is 26.0 Å². The van der Waals surface area contributed by atoms with Gasteiger partial charge in [0.2, 0.25) is 0 Å². The predicted molar refractivity (Wildman–Crippen MR) is 180 cm³/mol. The Hall–Kier alpha value is -4.63. The van der Waals surface area contributed by atoms with Crippen molar-refractivity contribution in [3.05, 3.63) is 119 Å². The van der Waals surface area contributed by atoms with Gasteiger partial charge in [0.15, 0.2) is 16.6 Å². The average Bonchev–Trinajstić information content (AvgIpc) is 3.54. The molecule has 3 heteroatoms. The Bertz CT molecular complexity index is 2240. The highest BCUT2D eigenvalue weighted by Gasteiger charge is 2.33. The van der Waals surface area contributed by atoms with Crippen LogP contribution in [0.1, 0.15) is 65.9 Å². The molecule has 0 fully saturated rings. The van der Waals surface area contributed by atoms with E-state index in [1.807, 2.05) is 0 Å². The number of hydrogen-bond acceptors (Lipinski definition) is 1. The molecule has 2 heterocycles. The average molecular weight is 567 g/mol. The summed E-state index contributed by atoms with van der Waals surface area (Å²) in [7, 11) is 2.13. The van der Waals surface area contributed by atoms with E-state index in [1.165, 1.54) is 27.9 Å². The number of rotatable bonds is 5. The minimum atomic E-state index is -2.20. The van der Waals surface area contributed by atoms with Crippen LogP contribution in [-0.2, 0) is 7.05 Å². The van der Waals surface area contributed by atoms with Crippen LogP contribution in [0.4, 0.5) is 0 Å². The zero-order chi connectivity index (χ0) is 32.5. The summed E-state index contributed by atoms with van der Waals surface area (Å²) in [6, 6.07) is 33.3. The van der Waals surface area contributed by atoms with Gasteiger partial charge in [0.05, 0.1) is 7.05 Å². The third-order valence-corrected chi connectivity index (χ3v) is 8.83. The number of aryl methyl sites for hydroxylation is 3. The molecule has 0 N–H and O–H groups in total. The molecule has 3 nitrogen and oxygen atoms in total. The number of fused-ring (bicyclic) bond motifs is 4. The van der Waals surface area contributed by atoms with Crippen molar-refractivity contribution < 1.29 is 13.1 Å². The first-order valence-electron chi connectivity index (χ1n) is 16.7. The molecule has 214 valence electrons. The Kier molecular flexibility index (Phi) is 5.70. The van der Waals surface area contributed by atoms with Crippen LogP contribution in [-0.4, -0.2) is 4.57 Å². The number of imidazole rings is 1. The number of aromatic nitrogens is 2. The second-order valence-corrected chi connectivity index (χ2v) is 12.3. The topological polar surface area (TPSA) is 21.9 Å². The van der Waals surface area contributed by atoms with Gasteiger partial charge in [0.25, 0.3) is 5.82 Å². The maximum Gasteiger partial charge on any atom is 0.299 e. The Labute approximate surface area is 258 Å². The summed E-state index contributed by atoms with van der Waals surface area (Å²) < 4.78 is 35.4. The molecule has 0 aliphatic carbocycles. The van der Waals surface area contributed by atoms with E-state index in [9.17, 15) is 0 Å². The minimum Gasteiger partial charge on any atom is -0.455 e. The standard InChI is InChI=1S/C40H39N2O/c1-24(2)31-22-29(28-13-9-8-10-14-28)23-32(25(3)4)38(31)42-35-16-12-11-15-34(35)41(7)40(42)37-27(6)18-19-30-33-21-26(5)17-20-36(33)43-39(30)37/h8-25H,1-7H3/q+1/i5D3. The summed E-state index contributed by atoms with van der Waals surface area (Å²) in [5.74, 6) is 1.55. The van der Waals surface area contributed by atoms with Crippen molar-refractivity contribution in [1.29, 1.82) is 0 Å². The molecule has 0 atom stereocenters. The lowest BCUT2D eigenvalue weighted by Crippen LogP contribution is -2.30. The van der Waals surface area contributed by atoms with E-state index < -0.39 is 6.85 Å². The molecule has 7 rings (SSSR count). The fourth-order valence-electron chi connectivity index (χ4n) is 6.65. The Morgan fingerprint density at radius 2 is 1.44 bits per heavy atom. The highest BCUT2D eigenvalue weighted by molar-refractivity contribution is 6.10. The molecule has 5 aromatic carbocycles. The lowest BCUT2D eigenvalue weighted by Gasteiger charge is -2.21. The number of furan rings is 1. The zero-order valence-corrected chi connectivity index (χ0v) is 25.7. The summed E-state index contributed by atoms with van der Waals surface area (Å²) >= 11 is 0. The fourth-order valence-corrected chi connectivity index (χ4v) is 6.65. The summed E-state index contributed by atoms with van der Waals surface area (Å²) in [5, 5.41) is 1.72. The van der Waals surface area contributed by atoms with Gasteiger partial charge in [-0.25, -0.2) is 4.57 Å². The molecule has 0 unspecified atom stereocenters. The van der Waals surface area contributed by atoms with E-state index in [0.29, 0.717) is 11.1 Å². The largest absolute Gasteiger partial charge is 0.455 e. The first-order valence-corrected chi connectivity index (χ1v) is 15.2. The van der Waals surface area contributed by atoms with Gasteiger partial charge in [-0.1, -0.05) is 93.9 Å². The molecule has 0 aliphatic heterocycles. The van der Waals surface area contributed by atoms with Crippen molar-refractivity contribution in [2.24, 2.45) is 7.05 Å². The van der Waals surface area contributed by atoms with Crippen LogP contribution < -0.4 is 4.57 Å². The molecule has 43 heavy (non-hydrogen) atoms. The highest BCUT2D eigenvalue weighted by Crippen LogP contribution is 2.43. The Morgan fingerprint density at radius 1 is 0.744 bits per heavy atom. The Morgan fingerprint density at radius 3 is 2.14 bits per heavy atom. The van der Waals surface area contributed by atoms with Crippen LogP contribution in [0.15, 0.2) is 101 Å². The molecular weight excluding hydrogens is 524 g/mol. The number of benzene rings is 5. The van der Waals surface area contributed by atoms with Crippen LogP contribution in [0, 0.1) is 13.8 Å². The van der Waals surface area contributed by atoms with Crippen molar-refractivity contribution in [3.63, 3.8) is 0 Å². The van der Waals surface area contributed by atoms with Crippen LogP contribution >= 0.6 is 0 Å². The summed E-state index contributed by atoms with van der Waals surface area (Å²) in [6.45, 7) is 9.03. The highest BCUT2D eigenvalue weighted by atomic mass is 16.3. The van der Waals surface area contributed by atoms with Gasteiger partial charge >= 0.3 is 0 Å². The molecule has 0 saturated heterocycles. The monoisotopic (exact) mass is 566 g/mol. The lowest BCUT2D eigenvalue weighted by molar-refractivity contribution is -0.633. The van der Waals surface area contributed by atoms with Crippen LogP contribution in [0.3, 0.4) is 0 Å². The molecule has 0 aliphatic rings. The molecular formula is C40H39N2O+. The van der Waals surface area contributed by atoms with E-state index in [0.717, 1.165) is 44.3 Å². The van der Waals surface area contributed by atoms with Crippen molar-refractivity contribution >= 4 is 33.0 Å². The van der Waals surface area contributed by atoms with Gasteiger partial charge in [-0.2, -0.15) is 4.57 Å². The third kappa shape index (κ3) is 4.29. The van der Waals surface area contributed by atoms with Crippen LogP contribution in [0.5, 0.6) is 0 Å². The minimum absolute atomic E-state index is 0.261. The van der Waals surface area contributed by atoms with Crippen LogP contribution in [0.2, 0.25) is 0 Å². The van der Waals surface area contributed by atoms with E-state index in [-0.39, 0.29) is 11.8 Å². The van der Waals surface area contributed by atoms with Gasteiger partial charge in [-0.05, 0) is 78.7 Å². The number of para-hydroxylation sites is 2. The molecule has 0 amide bonds. The molecule has 2 aromatic heterocycles. The molecule has 7 aromatic rings. The summed E-state index contributed by atoms with van der Waals surface area (Å²) in [4.78, 5) is 0. The third-order valence-electron chi connectivity index (χ3n) is 8.83. The van der Waals surface area contributed by atoms with Gasteiger partial charge in [-0.3, -0.25) is 0 Å². The summed E-state index contributed by atoms with van der Waals surface area (Å²) in [5.41, 5.74) is 12.3. The summed E-state index contributed by atoms with van der Waals surface area (Å²) in [6.07, 6.45) is 0. The molecule has 0 spiro atoms. The molecule has 0 bridgehead atoms. The quantitative estimate of drug-likeness (QED) is 0.190. The van der Waals surface area contributed by atoms with Crippen molar-refractivity contribution in [2.75, 3.05) is 0 Å². The number of hydrogen-bond donors (Lipinski definition) is 0. The van der Waals surface area contributed by atoms with E-state index in [2.05, 4.69) is 130 Å².